The zero-order valence-electron chi connectivity index (χ0n) is 11.3. The van der Waals surface area contributed by atoms with E-state index in [9.17, 15) is 4.79 Å². The Morgan fingerprint density at radius 1 is 1.24 bits per heavy atom. The largest absolute Gasteiger partial charge is 0.491 e. The average molecular weight is 348 g/mol. The Morgan fingerprint density at radius 3 is 2.81 bits per heavy atom. The molecular weight excluding hydrogens is 334 g/mol. The molecule has 5 heteroatoms. The molecule has 108 valence electrons. The second-order valence-electron chi connectivity index (χ2n) is 4.85. The second-order valence-corrected chi connectivity index (χ2v) is 5.70. The van der Waals surface area contributed by atoms with Gasteiger partial charge in [0.2, 0.25) is 0 Å². The maximum atomic E-state index is 11.0. The molecule has 0 saturated heterocycles. The van der Waals surface area contributed by atoms with Gasteiger partial charge in [-0.3, -0.25) is 0 Å². The summed E-state index contributed by atoms with van der Waals surface area (Å²) in [7, 11) is 0. The predicted molar refractivity (Wildman–Crippen MR) is 84.1 cm³/mol. The highest BCUT2D eigenvalue weighted by atomic mass is 79.9. The normalized spacial score (nSPS) is 14.0. The van der Waals surface area contributed by atoms with Crippen LogP contribution in [0.15, 0.2) is 46.9 Å². The third-order valence-electron chi connectivity index (χ3n) is 3.49. The molecule has 0 aliphatic carbocycles. The van der Waals surface area contributed by atoms with Gasteiger partial charge in [-0.25, -0.2) is 4.79 Å². The summed E-state index contributed by atoms with van der Waals surface area (Å²) in [6.45, 7) is 2.09. The number of fused-ring (bicyclic) bond motifs is 1. The van der Waals surface area contributed by atoms with Crippen molar-refractivity contribution in [3.63, 3.8) is 0 Å². The van der Waals surface area contributed by atoms with E-state index in [1.54, 1.807) is 12.1 Å². The number of carboxylic acid groups (broad SMARTS) is 1. The van der Waals surface area contributed by atoms with Crippen LogP contribution in [-0.4, -0.2) is 24.2 Å². The van der Waals surface area contributed by atoms with Gasteiger partial charge >= 0.3 is 5.97 Å². The Hall–Kier alpha value is -2.01. The topological polar surface area (TPSA) is 49.8 Å². The highest BCUT2D eigenvalue weighted by Gasteiger charge is 2.18. The van der Waals surface area contributed by atoms with E-state index < -0.39 is 5.97 Å². The Bertz CT molecular complexity index is 687. The molecule has 0 unspecified atom stereocenters. The lowest BCUT2D eigenvalue weighted by atomic mass is 10.1. The van der Waals surface area contributed by atoms with Crippen molar-refractivity contribution in [2.24, 2.45) is 0 Å². The third-order valence-corrected chi connectivity index (χ3v) is 4.12. The number of carboxylic acids is 1. The van der Waals surface area contributed by atoms with Crippen LogP contribution < -0.4 is 9.64 Å². The van der Waals surface area contributed by atoms with Crippen molar-refractivity contribution in [2.45, 2.75) is 6.54 Å². The molecule has 0 bridgehead atoms. The number of benzene rings is 2. The summed E-state index contributed by atoms with van der Waals surface area (Å²) in [5.41, 5.74) is 2.38. The maximum Gasteiger partial charge on any atom is 0.335 e. The maximum absolute atomic E-state index is 11.0. The van der Waals surface area contributed by atoms with Crippen LogP contribution in [0.1, 0.15) is 15.9 Å². The van der Waals surface area contributed by atoms with Crippen LogP contribution in [0.4, 0.5) is 5.69 Å². The summed E-state index contributed by atoms with van der Waals surface area (Å²) in [5, 5.41) is 9.03. The number of anilines is 1. The lowest BCUT2D eigenvalue weighted by Crippen LogP contribution is -2.25. The number of halogens is 1. The van der Waals surface area contributed by atoms with Crippen molar-refractivity contribution < 1.29 is 14.6 Å². The van der Waals surface area contributed by atoms with Gasteiger partial charge in [-0.1, -0.05) is 18.2 Å². The number of rotatable bonds is 2. The minimum Gasteiger partial charge on any atom is -0.491 e. The summed E-state index contributed by atoms with van der Waals surface area (Å²) < 4.78 is 6.53. The van der Waals surface area contributed by atoms with E-state index in [-0.39, 0.29) is 5.56 Å². The van der Waals surface area contributed by atoms with Gasteiger partial charge < -0.3 is 14.7 Å². The number of aromatic carboxylic acids is 1. The van der Waals surface area contributed by atoms with Gasteiger partial charge in [0.15, 0.2) is 0 Å². The summed E-state index contributed by atoms with van der Waals surface area (Å²) in [6.07, 6.45) is 0. The van der Waals surface area contributed by atoms with Crippen molar-refractivity contribution in [2.75, 3.05) is 18.1 Å². The van der Waals surface area contributed by atoms with Crippen LogP contribution in [0.2, 0.25) is 0 Å². The molecule has 0 spiro atoms. The first-order valence-corrected chi connectivity index (χ1v) is 7.43. The minimum atomic E-state index is -0.924. The minimum absolute atomic E-state index is 0.275. The Kier molecular flexibility index (Phi) is 3.84. The van der Waals surface area contributed by atoms with Crippen molar-refractivity contribution in [3.05, 3.63) is 58.1 Å². The molecule has 21 heavy (non-hydrogen) atoms. The Morgan fingerprint density at radius 2 is 2.05 bits per heavy atom. The second kappa shape index (κ2) is 5.77. The van der Waals surface area contributed by atoms with Crippen LogP contribution in [0.5, 0.6) is 5.75 Å². The molecule has 2 aromatic carbocycles. The first-order chi connectivity index (χ1) is 10.1. The molecule has 0 amide bonds. The molecule has 1 aliphatic heterocycles. The fourth-order valence-electron chi connectivity index (χ4n) is 2.43. The summed E-state index contributed by atoms with van der Waals surface area (Å²) >= 11 is 3.47. The molecule has 3 rings (SSSR count). The van der Waals surface area contributed by atoms with Crippen molar-refractivity contribution >= 4 is 27.6 Å². The van der Waals surface area contributed by atoms with Crippen LogP contribution in [0.25, 0.3) is 0 Å². The Labute approximate surface area is 131 Å². The Balaban J connectivity index is 1.92. The first kappa shape index (κ1) is 13.9. The van der Waals surface area contributed by atoms with E-state index in [1.165, 1.54) is 0 Å². The number of hydrogen-bond acceptors (Lipinski definition) is 3. The highest BCUT2D eigenvalue weighted by Crippen LogP contribution is 2.31. The smallest absolute Gasteiger partial charge is 0.335 e. The van der Waals surface area contributed by atoms with Gasteiger partial charge in [-0.2, -0.15) is 0 Å². The summed E-state index contributed by atoms with van der Waals surface area (Å²) in [5.74, 6) is -0.00919. The lowest BCUT2D eigenvalue weighted by molar-refractivity contribution is 0.0697. The van der Waals surface area contributed by atoms with Gasteiger partial charge in [0, 0.05) is 16.6 Å². The van der Waals surface area contributed by atoms with Gasteiger partial charge in [0.05, 0.1) is 17.8 Å². The first-order valence-electron chi connectivity index (χ1n) is 6.63. The predicted octanol–water partition coefficient (Wildman–Crippen LogP) is 3.55. The van der Waals surface area contributed by atoms with Crippen LogP contribution in [0.3, 0.4) is 0 Å². The standard InChI is InChI=1S/C16H14BrNO3/c17-13-9-11(16(19)20)5-6-14(13)18-7-8-21-15-4-2-1-3-12(15)10-18/h1-6,9H,7-8,10H2,(H,19,20). The molecule has 1 aliphatic rings. The van der Waals surface area contributed by atoms with Crippen molar-refractivity contribution in [1.29, 1.82) is 0 Å². The number of carbonyl (C=O) groups is 1. The van der Waals surface area contributed by atoms with E-state index in [0.717, 1.165) is 34.6 Å². The molecule has 1 heterocycles. The molecule has 0 atom stereocenters. The van der Waals surface area contributed by atoms with E-state index in [2.05, 4.69) is 20.8 Å². The highest BCUT2D eigenvalue weighted by molar-refractivity contribution is 9.10. The van der Waals surface area contributed by atoms with E-state index in [0.29, 0.717) is 6.61 Å². The molecule has 1 N–H and O–H groups in total. The fraction of sp³-hybridized carbons (Fsp3) is 0.188. The third kappa shape index (κ3) is 2.88. The lowest BCUT2D eigenvalue weighted by Gasteiger charge is -2.23. The van der Waals surface area contributed by atoms with E-state index in [1.807, 2.05) is 30.3 Å². The van der Waals surface area contributed by atoms with Crippen LogP contribution in [0, 0.1) is 0 Å². The average Bonchev–Trinajstić information content (AvgIpc) is 2.69. The molecule has 0 radical (unpaired) electrons. The van der Waals surface area contributed by atoms with Crippen molar-refractivity contribution in [1.82, 2.24) is 0 Å². The van der Waals surface area contributed by atoms with Gasteiger partial charge in [0.1, 0.15) is 12.4 Å². The van der Waals surface area contributed by atoms with Crippen LogP contribution >= 0.6 is 15.9 Å². The SMILES string of the molecule is O=C(O)c1ccc(N2CCOc3ccccc3C2)c(Br)c1. The van der Waals surface area contributed by atoms with E-state index in [4.69, 9.17) is 9.84 Å². The number of hydrogen-bond donors (Lipinski definition) is 1. The molecular formula is C16H14BrNO3. The van der Waals surface area contributed by atoms with Gasteiger partial charge in [-0.05, 0) is 40.2 Å². The zero-order valence-corrected chi connectivity index (χ0v) is 12.8. The molecule has 4 nitrogen and oxygen atoms in total. The fourth-order valence-corrected chi connectivity index (χ4v) is 3.06. The van der Waals surface area contributed by atoms with Gasteiger partial charge in [0.25, 0.3) is 0 Å². The summed E-state index contributed by atoms with van der Waals surface area (Å²) in [6, 6.07) is 13.1. The molecule has 0 aromatic heterocycles. The molecule has 0 saturated carbocycles. The van der Waals surface area contributed by atoms with Crippen molar-refractivity contribution in [3.8, 4) is 5.75 Å². The van der Waals surface area contributed by atoms with Gasteiger partial charge in [-0.15, -0.1) is 0 Å². The summed E-state index contributed by atoms with van der Waals surface area (Å²) in [4.78, 5) is 13.2. The quantitative estimate of drug-likeness (QED) is 0.902. The zero-order chi connectivity index (χ0) is 14.8. The van der Waals surface area contributed by atoms with E-state index >= 15 is 0 Å². The monoisotopic (exact) mass is 347 g/mol. The number of para-hydroxylation sites is 1. The van der Waals surface area contributed by atoms with Crippen LogP contribution in [-0.2, 0) is 6.54 Å². The number of ether oxygens (including phenoxy) is 1. The molecule has 2 aromatic rings. The number of nitrogens with zero attached hydrogens (tertiary/aromatic N) is 1. The molecule has 0 fully saturated rings.